The fourth-order valence-corrected chi connectivity index (χ4v) is 1.57. The fraction of sp³-hybridized carbons (Fsp3) is 0.455. The fourth-order valence-electron chi connectivity index (χ4n) is 1.39. The van der Waals surface area contributed by atoms with Crippen molar-refractivity contribution in [1.29, 1.82) is 0 Å². The molecule has 2 nitrogen and oxygen atoms in total. The first-order chi connectivity index (χ1) is 6.69. The molecule has 0 aromatic heterocycles. The highest BCUT2D eigenvalue weighted by atomic mass is 32.1. The average molecular weight is 211 g/mol. The largest absolute Gasteiger partial charge is 0.496 e. The van der Waals surface area contributed by atoms with Crippen molar-refractivity contribution in [2.45, 2.75) is 19.8 Å². The maximum absolute atomic E-state index is 5.29. The van der Waals surface area contributed by atoms with E-state index in [2.05, 4.69) is 37.9 Å². The summed E-state index contributed by atoms with van der Waals surface area (Å²) in [6.45, 7) is 4.31. The molecule has 78 valence electrons. The van der Waals surface area contributed by atoms with Crippen LogP contribution in [0, 0.1) is 0 Å². The summed E-state index contributed by atoms with van der Waals surface area (Å²) < 4.78 is 5.29. The molecule has 0 aliphatic carbocycles. The Balaban J connectivity index is 3.01. The van der Waals surface area contributed by atoms with Gasteiger partial charge in [0, 0.05) is 5.69 Å². The molecule has 0 saturated heterocycles. The van der Waals surface area contributed by atoms with Gasteiger partial charge in [0.15, 0.2) is 0 Å². The standard InChI is InChI=1S/C11H17NOS/c1-8(2)10-6-9(12-7-14)4-5-11(10)13-3/h4-6,8,12,14H,7H2,1-3H3. The van der Waals surface area contributed by atoms with Crippen molar-refractivity contribution in [3.05, 3.63) is 23.8 Å². The zero-order valence-electron chi connectivity index (χ0n) is 8.87. The van der Waals surface area contributed by atoms with Crippen molar-refractivity contribution in [3.63, 3.8) is 0 Å². The van der Waals surface area contributed by atoms with Crippen LogP contribution < -0.4 is 10.1 Å². The Bertz CT molecular complexity index is 299. The zero-order chi connectivity index (χ0) is 10.6. The van der Waals surface area contributed by atoms with E-state index in [1.807, 2.05) is 12.1 Å². The average Bonchev–Trinajstić information content (AvgIpc) is 2.18. The molecule has 0 aliphatic heterocycles. The molecular weight excluding hydrogens is 194 g/mol. The number of nitrogens with one attached hydrogen (secondary N) is 1. The summed E-state index contributed by atoms with van der Waals surface area (Å²) in [7, 11) is 1.70. The second-order valence-corrected chi connectivity index (χ2v) is 3.76. The van der Waals surface area contributed by atoms with Crippen molar-refractivity contribution < 1.29 is 4.74 Å². The maximum Gasteiger partial charge on any atom is 0.122 e. The highest BCUT2D eigenvalue weighted by Crippen LogP contribution is 2.28. The number of rotatable bonds is 4. The Labute approximate surface area is 91.1 Å². The number of benzene rings is 1. The normalized spacial score (nSPS) is 10.4. The van der Waals surface area contributed by atoms with E-state index in [1.54, 1.807) is 7.11 Å². The predicted octanol–water partition coefficient (Wildman–Crippen LogP) is 3.12. The topological polar surface area (TPSA) is 21.3 Å². The molecule has 1 rings (SSSR count). The molecule has 0 heterocycles. The van der Waals surface area contributed by atoms with Crippen molar-refractivity contribution in [2.24, 2.45) is 0 Å². The van der Waals surface area contributed by atoms with Crippen LogP contribution in [0.1, 0.15) is 25.3 Å². The quantitative estimate of drug-likeness (QED) is 0.590. The number of ether oxygens (including phenoxy) is 1. The Hall–Kier alpha value is -0.830. The Kier molecular flexibility index (Phi) is 4.14. The molecule has 0 amide bonds. The number of anilines is 1. The maximum atomic E-state index is 5.29. The number of hydrogen-bond acceptors (Lipinski definition) is 3. The molecule has 0 atom stereocenters. The zero-order valence-corrected chi connectivity index (χ0v) is 9.77. The first-order valence-corrected chi connectivity index (χ1v) is 5.35. The van der Waals surface area contributed by atoms with Gasteiger partial charge in [0.2, 0.25) is 0 Å². The van der Waals surface area contributed by atoms with Crippen LogP contribution in [0.5, 0.6) is 5.75 Å². The van der Waals surface area contributed by atoms with Crippen LogP contribution in [-0.4, -0.2) is 13.0 Å². The van der Waals surface area contributed by atoms with E-state index in [9.17, 15) is 0 Å². The van der Waals surface area contributed by atoms with Crippen molar-refractivity contribution in [2.75, 3.05) is 18.3 Å². The van der Waals surface area contributed by atoms with Crippen LogP contribution >= 0.6 is 12.6 Å². The third-order valence-corrected chi connectivity index (χ3v) is 2.29. The van der Waals surface area contributed by atoms with Crippen molar-refractivity contribution >= 4 is 18.3 Å². The van der Waals surface area contributed by atoms with E-state index in [4.69, 9.17) is 4.74 Å². The van der Waals surface area contributed by atoms with Gasteiger partial charge < -0.3 is 10.1 Å². The Morgan fingerprint density at radius 1 is 1.43 bits per heavy atom. The molecular formula is C11H17NOS. The number of thiol groups is 1. The van der Waals surface area contributed by atoms with Gasteiger partial charge in [-0.05, 0) is 29.7 Å². The lowest BCUT2D eigenvalue weighted by molar-refractivity contribution is 0.407. The van der Waals surface area contributed by atoms with Crippen molar-refractivity contribution in [1.82, 2.24) is 0 Å². The Morgan fingerprint density at radius 3 is 2.64 bits per heavy atom. The van der Waals surface area contributed by atoms with Gasteiger partial charge in [-0.1, -0.05) is 13.8 Å². The van der Waals surface area contributed by atoms with E-state index in [1.165, 1.54) is 5.56 Å². The van der Waals surface area contributed by atoms with E-state index >= 15 is 0 Å². The van der Waals surface area contributed by atoms with E-state index in [0.717, 1.165) is 11.4 Å². The molecule has 0 fully saturated rings. The van der Waals surface area contributed by atoms with Crippen LogP contribution in [0.3, 0.4) is 0 Å². The monoisotopic (exact) mass is 211 g/mol. The molecule has 0 unspecified atom stereocenters. The molecule has 1 N–H and O–H groups in total. The van der Waals surface area contributed by atoms with Crippen LogP contribution in [0.2, 0.25) is 0 Å². The summed E-state index contributed by atoms with van der Waals surface area (Å²) in [6.07, 6.45) is 0. The summed E-state index contributed by atoms with van der Waals surface area (Å²) in [5.74, 6) is 2.06. The summed E-state index contributed by atoms with van der Waals surface area (Å²) >= 11 is 4.12. The van der Waals surface area contributed by atoms with Gasteiger partial charge in [0.05, 0.1) is 13.0 Å². The third kappa shape index (κ3) is 2.58. The highest BCUT2D eigenvalue weighted by molar-refractivity contribution is 7.80. The molecule has 0 bridgehead atoms. The van der Waals surface area contributed by atoms with Crippen LogP contribution in [-0.2, 0) is 0 Å². The molecule has 0 saturated carbocycles. The van der Waals surface area contributed by atoms with Gasteiger partial charge in [-0.3, -0.25) is 0 Å². The lowest BCUT2D eigenvalue weighted by Crippen LogP contribution is -1.98. The van der Waals surface area contributed by atoms with Crippen LogP contribution in [0.15, 0.2) is 18.2 Å². The van der Waals surface area contributed by atoms with Gasteiger partial charge in [-0.25, -0.2) is 0 Å². The van der Waals surface area contributed by atoms with Gasteiger partial charge in [0.25, 0.3) is 0 Å². The van der Waals surface area contributed by atoms with Gasteiger partial charge in [0.1, 0.15) is 5.75 Å². The summed E-state index contributed by atoms with van der Waals surface area (Å²) in [4.78, 5) is 0. The van der Waals surface area contributed by atoms with Crippen LogP contribution in [0.4, 0.5) is 5.69 Å². The molecule has 3 heteroatoms. The smallest absolute Gasteiger partial charge is 0.122 e. The minimum atomic E-state index is 0.464. The summed E-state index contributed by atoms with van der Waals surface area (Å²) in [6, 6.07) is 6.10. The van der Waals surface area contributed by atoms with E-state index < -0.39 is 0 Å². The number of hydrogen-bond donors (Lipinski definition) is 2. The predicted molar refractivity (Wildman–Crippen MR) is 64.6 cm³/mol. The molecule has 14 heavy (non-hydrogen) atoms. The molecule has 1 aromatic carbocycles. The molecule has 0 radical (unpaired) electrons. The third-order valence-electron chi connectivity index (χ3n) is 2.13. The Morgan fingerprint density at radius 2 is 2.14 bits per heavy atom. The minimum Gasteiger partial charge on any atom is -0.496 e. The summed E-state index contributed by atoms with van der Waals surface area (Å²) in [5, 5.41) is 3.16. The molecule has 0 spiro atoms. The van der Waals surface area contributed by atoms with Gasteiger partial charge in [-0.2, -0.15) is 12.6 Å². The molecule has 1 aromatic rings. The van der Waals surface area contributed by atoms with Gasteiger partial charge in [-0.15, -0.1) is 0 Å². The lowest BCUT2D eigenvalue weighted by atomic mass is 10.0. The van der Waals surface area contributed by atoms with Gasteiger partial charge >= 0.3 is 0 Å². The SMILES string of the molecule is COc1ccc(NCS)cc1C(C)C. The summed E-state index contributed by atoms with van der Waals surface area (Å²) in [5.41, 5.74) is 2.31. The highest BCUT2D eigenvalue weighted by Gasteiger charge is 2.07. The first kappa shape index (κ1) is 11.2. The van der Waals surface area contributed by atoms with Crippen molar-refractivity contribution in [3.8, 4) is 5.75 Å². The van der Waals surface area contributed by atoms with Crippen LogP contribution in [0.25, 0.3) is 0 Å². The first-order valence-electron chi connectivity index (χ1n) is 4.71. The lowest BCUT2D eigenvalue weighted by Gasteiger charge is -2.13. The second-order valence-electron chi connectivity index (χ2n) is 3.45. The molecule has 0 aliphatic rings. The minimum absolute atomic E-state index is 0.464. The number of methoxy groups -OCH3 is 1. The second kappa shape index (κ2) is 5.15. The van der Waals surface area contributed by atoms with E-state index in [0.29, 0.717) is 11.8 Å². The van der Waals surface area contributed by atoms with E-state index in [-0.39, 0.29) is 0 Å².